The maximum absolute atomic E-state index is 12.0. The molecule has 2 atom stereocenters. The van der Waals surface area contributed by atoms with E-state index in [4.69, 9.17) is 16.3 Å². The van der Waals surface area contributed by atoms with E-state index in [2.05, 4.69) is 4.72 Å². The van der Waals surface area contributed by atoms with Gasteiger partial charge in [-0.2, -0.15) is 0 Å². The van der Waals surface area contributed by atoms with E-state index in [0.29, 0.717) is 31.1 Å². The lowest BCUT2D eigenvalue weighted by molar-refractivity contribution is 0.0570. The van der Waals surface area contributed by atoms with Crippen molar-refractivity contribution < 1.29 is 13.2 Å². The van der Waals surface area contributed by atoms with E-state index in [-0.39, 0.29) is 11.2 Å². The molecule has 0 amide bonds. The van der Waals surface area contributed by atoms with Crippen LogP contribution in [-0.4, -0.2) is 33.9 Å². The number of hydrogen-bond donors (Lipinski definition) is 1. The Morgan fingerprint density at radius 3 is 2.68 bits per heavy atom. The van der Waals surface area contributed by atoms with E-state index < -0.39 is 10.0 Å². The highest BCUT2D eigenvalue weighted by Gasteiger charge is 2.35. The first-order chi connectivity index (χ1) is 9.03. The van der Waals surface area contributed by atoms with Crippen molar-refractivity contribution in [2.24, 2.45) is 5.92 Å². The van der Waals surface area contributed by atoms with E-state index in [9.17, 15) is 8.42 Å². The van der Waals surface area contributed by atoms with Crippen LogP contribution < -0.4 is 4.72 Å². The fraction of sp³-hybridized carbons (Fsp3) is 0.538. The molecule has 106 valence electrons. The molecule has 0 aliphatic carbocycles. The summed E-state index contributed by atoms with van der Waals surface area (Å²) in [5, 5.41) is 0.296. The van der Waals surface area contributed by atoms with Crippen molar-refractivity contribution in [3.05, 3.63) is 34.9 Å². The van der Waals surface area contributed by atoms with Crippen LogP contribution in [0.2, 0.25) is 5.02 Å². The summed E-state index contributed by atoms with van der Waals surface area (Å²) in [5.41, 5.74) is 1.08. The van der Waals surface area contributed by atoms with Crippen LogP contribution in [0.4, 0.5) is 0 Å². The van der Waals surface area contributed by atoms with E-state index in [1.54, 1.807) is 0 Å². The highest BCUT2D eigenvalue weighted by molar-refractivity contribution is 7.90. The summed E-state index contributed by atoms with van der Waals surface area (Å²) in [6, 6.07) is 7.50. The summed E-state index contributed by atoms with van der Waals surface area (Å²) in [4.78, 5) is 0. The molecule has 1 fully saturated rings. The van der Waals surface area contributed by atoms with Crippen LogP contribution in [0.25, 0.3) is 0 Å². The van der Waals surface area contributed by atoms with Crippen molar-refractivity contribution in [2.75, 3.05) is 20.3 Å². The zero-order valence-corrected chi connectivity index (χ0v) is 12.4. The monoisotopic (exact) mass is 303 g/mol. The highest BCUT2D eigenvalue weighted by Crippen LogP contribution is 2.25. The van der Waals surface area contributed by atoms with Gasteiger partial charge < -0.3 is 4.74 Å². The Morgan fingerprint density at radius 2 is 2.05 bits per heavy atom. The molecule has 1 aliphatic rings. The van der Waals surface area contributed by atoms with Gasteiger partial charge in [0.15, 0.2) is 0 Å². The summed E-state index contributed by atoms with van der Waals surface area (Å²) in [6.07, 6.45) is 1.23. The fourth-order valence-corrected chi connectivity index (χ4v) is 3.97. The molecule has 0 unspecified atom stereocenters. The maximum atomic E-state index is 12.0. The molecule has 1 aromatic carbocycles. The third kappa shape index (κ3) is 3.69. The SMILES string of the molecule is CNS(=O)(=O)[C@H]1CCOC[C@@H]1Cc1ccc(Cl)cc1. The zero-order chi connectivity index (χ0) is 13.9. The Labute approximate surface area is 119 Å². The lowest BCUT2D eigenvalue weighted by Gasteiger charge is -2.31. The summed E-state index contributed by atoms with van der Waals surface area (Å²) in [5.74, 6) is -0.0209. The summed E-state index contributed by atoms with van der Waals surface area (Å²) >= 11 is 5.85. The lowest BCUT2D eigenvalue weighted by Crippen LogP contribution is -2.43. The summed E-state index contributed by atoms with van der Waals surface area (Å²) in [6.45, 7) is 0.983. The molecule has 1 aliphatic heterocycles. The van der Waals surface area contributed by atoms with Crippen molar-refractivity contribution in [2.45, 2.75) is 18.1 Å². The molecule has 0 spiro atoms. The molecule has 1 saturated heterocycles. The standard InChI is InChI=1S/C13H18ClNO3S/c1-15-19(16,17)13-6-7-18-9-11(13)8-10-2-4-12(14)5-3-10/h2-5,11,13,15H,6-9H2,1H3/t11-,13-/m0/s1. The van der Waals surface area contributed by atoms with E-state index in [0.717, 1.165) is 5.56 Å². The predicted octanol–water partition coefficient (Wildman–Crippen LogP) is 1.84. The van der Waals surface area contributed by atoms with Crippen molar-refractivity contribution in [3.8, 4) is 0 Å². The first-order valence-corrected chi connectivity index (χ1v) is 8.20. The van der Waals surface area contributed by atoms with Gasteiger partial charge in [-0.1, -0.05) is 23.7 Å². The Bertz CT molecular complexity index is 515. The van der Waals surface area contributed by atoms with Crippen LogP contribution in [-0.2, 0) is 21.2 Å². The fourth-order valence-electron chi connectivity index (χ4n) is 2.45. The Kier molecular flexibility index (Phi) is 4.84. The van der Waals surface area contributed by atoms with Gasteiger partial charge in [-0.3, -0.25) is 0 Å². The Balaban J connectivity index is 2.14. The topological polar surface area (TPSA) is 55.4 Å². The minimum Gasteiger partial charge on any atom is -0.381 e. The van der Waals surface area contributed by atoms with Crippen molar-refractivity contribution >= 4 is 21.6 Å². The largest absolute Gasteiger partial charge is 0.381 e. The second kappa shape index (κ2) is 6.22. The van der Waals surface area contributed by atoms with E-state index in [1.165, 1.54) is 7.05 Å². The van der Waals surface area contributed by atoms with Gasteiger partial charge in [-0.25, -0.2) is 13.1 Å². The van der Waals surface area contributed by atoms with Gasteiger partial charge in [0.2, 0.25) is 10.0 Å². The lowest BCUT2D eigenvalue weighted by atomic mass is 9.94. The zero-order valence-electron chi connectivity index (χ0n) is 10.8. The van der Waals surface area contributed by atoms with Gasteiger partial charge >= 0.3 is 0 Å². The van der Waals surface area contributed by atoms with Gasteiger partial charge in [-0.05, 0) is 37.6 Å². The van der Waals surface area contributed by atoms with E-state index in [1.807, 2.05) is 24.3 Å². The van der Waals surface area contributed by atoms with Crippen molar-refractivity contribution in [3.63, 3.8) is 0 Å². The molecule has 1 aromatic rings. The average molecular weight is 304 g/mol. The maximum Gasteiger partial charge on any atom is 0.214 e. The number of hydrogen-bond acceptors (Lipinski definition) is 3. The molecule has 19 heavy (non-hydrogen) atoms. The van der Waals surface area contributed by atoms with Crippen LogP contribution in [0, 0.1) is 5.92 Å². The predicted molar refractivity (Wildman–Crippen MR) is 75.8 cm³/mol. The molecule has 2 rings (SSSR count). The second-order valence-electron chi connectivity index (χ2n) is 4.74. The number of sulfonamides is 1. The normalized spacial score (nSPS) is 24.3. The third-order valence-electron chi connectivity index (χ3n) is 3.50. The number of benzene rings is 1. The first kappa shape index (κ1) is 14.8. The average Bonchev–Trinajstić information content (AvgIpc) is 2.42. The van der Waals surface area contributed by atoms with Gasteiger partial charge in [0.05, 0.1) is 11.9 Å². The number of nitrogens with one attached hydrogen (secondary N) is 1. The highest BCUT2D eigenvalue weighted by atomic mass is 35.5. The number of ether oxygens (including phenoxy) is 1. The minimum absolute atomic E-state index is 0.0209. The molecule has 0 aromatic heterocycles. The van der Waals surface area contributed by atoms with Crippen LogP contribution >= 0.6 is 11.6 Å². The molecular formula is C13H18ClNO3S. The number of halogens is 1. The molecular weight excluding hydrogens is 286 g/mol. The van der Waals surface area contributed by atoms with Crippen LogP contribution in [0.1, 0.15) is 12.0 Å². The van der Waals surface area contributed by atoms with Crippen LogP contribution in [0.15, 0.2) is 24.3 Å². The first-order valence-electron chi connectivity index (χ1n) is 6.27. The third-order valence-corrected chi connectivity index (χ3v) is 5.74. The van der Waals surface area contributed by atoms with Gasteiger partial charge in [0.1, 0.15) is 0 Å². The van der Waals surface area contributed by atoms with Gasteiger partial charge in [0, 0.05) is 17.5 Å². The molecule has 0 radical (unpaired) electrons. The summed E-state index contributed by atoms with van der Waals surface area (Å²) in [7, 11) is -1.79. The molecule has 0 bridgehead atoms. The molecule has 1 heterocycles. The van der Waals surface area contributed by atoms with Crippen LogP contribution in [0.3, 0.4) is 0 Å². The Morgan fingerprint density at radius 1 is 1.37 bits per heavy atom. The van der Waals surface area contributed by atoms with Gasteiger partial charge in [-0.15, -0.1) is 0 Å². The molecule has 1 N–H and O–H groups in total. The van der Waals surface area contributed by atoms with E-state index >= 15 is 0 Å². The van der Waals surface area contributed by atoms with Crippen molar-refractivity contribution in [1.82, 2.24) is 4.72 Å². The van der Waals surface area contributed by atoms with Crippen LogP contribution in [0.5, 0.6) is 0 Å². The second-order valence-corrected chi connectivity index (χ2v) is 7.28. The molecule has 6 heteroatoms. The summed E-state index contributed by atoms with van der Waals surface area (Å²) < 4.78 is 31.9. The van der Waals surface area contributed by atoms with Gasteiger partial charge in [0.25, 0.3) is 0 Å². The smallest absolute Gasteiger partial charge is 0.214 e. The quantitative estimate of drug-likeness (QED) is 0.923. The molecule has 0 saturated carbocycles. The molecule has 4 nitrogen and oxygen atoms in total. The Hall–Kier alpha value is -0.620. The minimum atomic E-state index is -3.25. The van der Waals surface area contributed by atoms with Crippen molar-refractivity contribution in [1.29, 1.82) is 0 Å². The number of rotatable bonds is 4.